The summed E-state index contributed by atoms with van der Waals surface area (Å²) in [5.41, 5.74) is 0. The van der Waals surface area contributed by atoms with Gasteiger partial charge in [-0.05, 0) is 30.3 Å². The van der Waals surface area contributed by atoms with Gasteiger partial charge < -0.3 is 19.6 Å². The Morgan fingerprint density at radius 2 is 1.67 bits per heavy atom. The van der Waals surface area contributed by atoms with E-state index in [1.54, 1.807) is 6.07 Å². The summed E-state index contributed by atoms with van der Waals surface area (Å²) in [5.74, 6) is 1.05. The molecule has 0 aromatic heterocycles. The van der Waals surface area contributed by atoms with E-state index in [0.29, 0.717) is 12.6 Å². The van der Waals surface area contributed by atoms with Gasteiger partial charge in [0.05, 0.1) is 6.10 Å². The minimum absolute atomic E-state index is 0.0270. The molecule has 2 rings (SSSR count). The van der Waals surface area contributed by atoms with Crippen LogP contribution in [0.1, 0.15) is 34.6 Å². The fourth-order valence-electron chi connectivity index (χ4n) is 2.66. The summed E-state index contributed by atoms with van der Waals surface area (Å²) in [6, 6.07) is 11.7. The third-order valence-corrected chi connectivity index (χ3v) is 9.84. The molecule has 150 valence electrons. The van der Waals surface area contributed by atoms with Gasteiger partial charge in [0.25, 0.3) is 0 Å². The first-order valence-electron chi connectivity index (χ1n) is 9.76. The van der Waals surface area contributed by atoms with E-state index in [1.807, 2.05) is 30.3 Å². The lowest BCUT2D eigenvalue weighted by Crippen LogP contribution is -2.48. The average Bonchev–Trinajstić information content (AvgIpc) is 2.57. The smallest absolute Gasteiger partial charge is 0.192 e. The molecule has 0 fully saturated rings. The summed E-state index contributed by atoms with van der Waals surface area (Å²) >= 11 is 0. The van der Waals surface area contributed by atoms with Crippen LogP contribution in [0.25, 0.3) is 10.8 Å². The Kier molecular flexibility index (Phi) is 6.95. The Bertz CT molecular complexity index is 753. The fraction of sp³-hybridized carbons (Fsp3) is 0.545. The second-order valence-electron chi connectivity index (χ2n) is 9.00. The van der Waals surface area contributed by atoms with E-state index in [9.17, 15) is 5.11 Å². The molecule has 0 radical (unpaired) electrons. The molecule has 0 bridgehead atoms. The normalized spacial score (nSPS) is 13.9. The van der Waals surface area contributed by atoms with Crippen molar-refractivity contribution in [3.8, 4) is 11.5 Å². The maximum Gasteiger partial charge on any atom is 0.192 e. The molecule has 2 aromatic rings. The quantitative estimate of drug-likeness (QED) is 0.601. The molecule has 0 aliphatic heterocycles. The van der Waals surface area contributed by atoms with Crippen LogP contribution in [0.3, 0.4) is 0 Å². The van der Waals surface area contributed by atoms with Crippen molar-refractivity contribution in [1.29, 1.82) is 0 Å². The Hall–Kier alpha value is -1.56. The summed E-state index contributed by atoms with van der Waals surface area (Å²) in [4.78, 5) is 0. The summed E-state index contributed by atoms with van der Waals surface area (Å²) in [7, 11) is -1.90. The molecule has 0 aliphatic carbocycles. The fourth-order valence-corrected chi connectivity index (χ4v) is 4.00. The molecule has 0 saturated heterocycles. The number of ether oxygens (including phenoxy) is 1. The second-order valence-corrected chi connectivity index (χ2v) is 13.8. The Labute approximate surface area is 165 Å². The molecular formula is C22H35NO3Si. The van der Waals surface area contributed by atoms with Crippen molar-refractivity contribution in [2.24, 2.45) is 0 Å². The van der Waals surface area contributed by atoms with E-state index in [0.717, 1.165) is 23.1 Å². The number of hydrogen-bond acceptors (Lipinski definition) is 4. The van der Waals surface area contributed by atoms with Crippen LogP contribution in [0.5, 0.6) is 11.5 Å². The van der Waals surface area contributed by atoms with Crippen molar-refractivity contribution in [2.75, 3.05) is 13.2 Å². The second kappa shape index (κ2) is 8.63. The number of hydrogen-bond donors (Lipinski definition) is 2. The highest BCUT2D eigenvalue weighted by molar-refractivity contribution is 6.74. The molecule has 27 heavy (non-hydrogen) atoms. The zero-order valence-electron chi connectivity index (χ0n) is 17.8. The molecule has 0 amide bonds. The predicted molar refractivity (Wildman–Crippen MR) is 116 cm³/mol. The molecule has 0 saturated carbocycles. The van der Waals surface area contributed by atoms with Gasteiger partial charge in [-0.15, -0.1) is 0 Å². The minimum Gasteiger partial charge on any atom is -0.507 e. The SMILES string of the molecule is CC(C)NCC(COc1ccc(O)c2ccccc12)O[Si](C)(C)C(C)(C)C. The Morgan fingerprint density at radius 1 is 1.04 bits per heavy atom. The molecule has 1 atom stereocenters. The number of phenols is 1. The van der Waals surface area contributed by atoms with Crippen LogP contribution >= 0.6 is 0 Å². The molecule has 1 unspecified atom stereocenters. The van der Waals surface area contributed by atoms with E-state index >= 15 is 0 Å². The lowest BCUT2D eigenvalue weighted by molar-refractivity contribution is 0.113. The first-order valence-corrected chi connectivity index (χ1v) is 12.7. The van der Waals surface area contributed by atoms with Gasteiger partial charge in [-0.1, -0.05) is 58.9 Å². The third kappa shape index (κ3) is 5.70. The standard InChI is InChI=1S/C22H35NO3Si/c1-16(2)23-14-17(26-27(6,7)22(3,4)5)15-25-21-13-12-20(24)18-10-8-9-11-19(18)21/h8-13,16-17,23-24H,14-15H2,1-7H3. The van der Waals surface area contributed by atoms with Crippen molar-refractivity contribution in [1.82, 2.24) is 5.32 Å². The summed E-state index contributed by atoms with van der Waals surface area (Å²) in [5, 5.41) is 15.4. The van der Waals surface area contributed by atoms with Crippen LogP contribution in [-0.2, 0) is 4.43 Å². The lowest BCUT2D eigenvalue weighted by Gasteiger charge is -2.39. The van der Waals surface area contributed by atoms with Gasteiger partial charge in [-0.3, -0.25) is 0 Å². The molecule has 4 nitrogen and oxygen atoms in total. The van der Waals surface area contributed by atoms with Crippen molar-refractivity contribution < 1.29 is 14.3 Å². The van der Waals surface area contributed by atoms with Crippen LogP contribution in [0.2, 0.25) is 18.1 Å². The number of nitrogens with one attached hydrogen (secondary N) is 1. The van der Waals surface area contributed by atoms with Crippen molar-refractivity contribution in [2.45, 2.75) is 64.9 Å². The molecule has 2 N–H and O–H groups in total. The van der Waals surface area contributed by atoms with Crippen molar-refractivity contribution in [3.05, 3.63) is 36.4 Å². The maximum atomic E-state index is 10.1. The number of fused-ring (bicyclic) bond motifs is 1. The Morgan fingerprint density at radius 3 is 2.26 bits per heavy atom. The minimum atomic E-state index is -1.90. The molecular weight excluding hydrogens is 354 g/mol. The van der Waals surface area contributed by atoms with Gasteiger partial charge in [-0.2, -0.15) is 0 Å². The van der Waals surface area contributed by atoms with Gasteiger partial charge in [0.1, 0.15) is 18.1 Å². The van der Waals surface area contributed by atoms with Crippen LogP contribution < -0.4 is 10.1 Å². The van der Waals surface area contributed by atoms with E-state index in [-0.39, 0.29) is 16.9 Å². The van der Waals surface area contributed by atoms with E-state index in [4.69, 9.17) is 9.16 Å². The van der Waals surface area contributed by atoms with Crippen molar-refractivity contribution >= 4 is 19.1 Å². The van der Waals surface area contributed by atoms with Gasteiger partial charge >= 0.3 is 0 Å². The first-order chi connectivity index (χ1) is 12.5. The van der Waals surface area contributed by atoms with Crippen LogP contribution in [0, 0.1) is 0 Å². The number of benzene rings is 2. The average molecular weight is 390 g/mol. The van der Waals surface area contributed by atoms with Crippen molar-refractivity contribution in [3.63, 3.8) is 0 Å². The number of rotatable bonds is 8. The number of aromatic hydroxyl groups is 1. The third-order valence-electron chi connectivity index (χ3n) is 5.31. The first kappa shape index (κ1) is 21.7. The van der Waals surface area contributed by atoms with E-state index in [2.05, 4.69) is 53.0 Å². The predicted octanol–water partition coefficient (Wildman–Crippen LogP) is 5.31. The highest BCUT2D eigenvalue weighted by Crippen LogP contribution is 2.37. The summed E-state index contributed by atoms with van der Waals surface area (Å²) in [6.45, 7) is 16.8. The highest BCUT2D eigenvalue weighted by Gasteiger charge is 2.39. The topological polar surface area (TPSA) is 50.7 Å². The van der Waals surface area contributed by atoms with Crippen LogP contribution in [0.4, 0.5) is 0 Å². The van der Waals surface area contributed by atoms with Gasteiger partial charge in [-0.25, -0.2) is 0 Å². The van der Waals surface area contributed by atoms with E-state index in [1.165, 1.54) is 0 Å². The zero-order chi connectivity index (χ0) is 20.2. The van der Waals surface area contributed by atoms with Gasteiger partial charge in [0.2, 0.25) is 0 Å². The highest BCUT2D eigenvalue weighted by atomic mass is 28.4. The molecule has 0 spiro atoms. The van der Waals surface area contributed by atoms with E-state index < -0.39 is 8.32 Å². The number of phenolic OH excluding ortho intramolecular Hbond substituents is 1. The molecule has 0 heterocycles. The Balaban J connectivity index is 2.17. The van der Waals surface area contributed by atoms with Gasteiger partial charge in [0.15, 0.2) is 8.32 Å². The molecule has 0 aliphatic rings. The molecule has 5 heteroatoms. The largest absolute Gasteiger partial charge is 0.507 e. The monoisotopic (exact) mass is 389 g/mol. The zero-order valence-corrected chi connectivity index (χ0v) is 18.8. The van der Waals surface area contributed by atoms with Crippen LogP contribution in [-0.4, -0.2) is 38.7 Å². The molecule has 2 aromatic carbocycles. The lowest BCUT2D eigenvalue weighted by atomic mass is 10.1. The summed E-state index contributed by atoms with van der Waals surface area (Å²) in [6.07, 6.45) is -0.0270. The maximum absolute atomic E-state index is 10.1. The van der Waals surface area contributed by atoms with Crippen LogP contribution in [0.15, 0.2) is 36.4 Å². The van der Waals surface area contributed by atoms with Gasteiger partial charge in [0, 0.05) is 23.4 Å². The summed E-state index contributed by atoms with van der Waals surface area (Å²) < 4.78 is 12.8.